The summed E-state index contributed by atoms with van der Waals surface area (Å²) < 4.78 is 5.14. The van der Waals surface area contributed by atoms with Gasteiger partial charge in [-0.1, -0.05) is 18.2 Å². The summed E-state index contributed by atoms with van der Waals surface area (Å²) in [5.41, 5.74) is 2.53. The molecule has 1 amide bonds. The second kappa shape index (κ2) is 9.14. The minimum absolute atomic E-state index is 0.333. The highest BCUT2D eigenvalue weighted by Crippen LogP contribution is 2.13. The Balaban J connectivity index is 1.52. The van der Waals surface area contributed by atoms with E-state index in [4.69, 9.17) is 10.00 Å². The van der Waals surface area contributed by atoms with Crippen LogP contribution in [0.3, 0.4) is 0 Å². The van der Waals surface area contributed by atoms with Crippen LogP contribution in [0.1, 0.15) is 21.5 Å². The molecule has 28 heavy (non-hydrogen) atoms. The van der Waals surface area contributed by atoms with Crippen LogP contribution in [0.25, 0.3) is 0 Å². The topological polar surface area (TPSA) is 99.9 Å². The summed E-state index contributed by atoms with van der Waals surface area (Å²) in [6.07, 6.45) is 3.74. The van der Waals surface area contributed by atoms with Gasteiger partial charge in [0.05, 0.1) is 24.3 Å². The Morgan fingerprint density at radius 2 is 1.89 bits per heavy atom. The van der Waals surface area contributed by atoms with Crippen molar-refractivity contribution >= 4 is 17.5 Å². The zero-order valence-electron chi connectivity index (χ0n) is 15.3. The number of nitriles is 1. The molecule has 0 unspecified atom stereocenters. The lowest BCUT2D eigenvalue weighted by molar-refractivity contribution is 0.102. The maximum absolute atomic E-state index is 12.3. The van der Waals surface area contributed by atoms with Crippen LogP contribution in [0.2, 0.25) is 0 Å². The van der Waals surface area contributed by atoms with Crippen molar-refractivity contribution in [2.45, 2.75) is 6.42 Å². The minimum atomic E-state index is -0.333. The van der Waals surface area contributed by atoms with Crippen LogP contribution in [0.5, 0.6) is 5.75 Å². The molecule has 3 aromatic rings. The van der Waals surface area contributed by atoms with Crippen LogP contribution in [-0.2, 0) is 6.42 Å². The summed E-state index contributed by atoms with van der Waals surface area (Å²) in [5, 5.41) is 14.8. The van der Waals surface area contributed by atoms with Gasteiger partial charge < -0.3 is 15.4 Å². The molecule has 0 bridgehead atoms. The highest BCUT2D eigenvalue weighted by Gasteiger charge is 2.08. The number of anilines is 2. The zero-order valence-corrected chi connectivity index (χ0v) is 15.3. The van der Waals surface area contributed by atoms with Gasteiger partial charge in [-0.3, -0.25) is 4.79 Å². The number of amides is 1. The monoisotopic (exact) mass is 373 g/mol. The Hall–Kier alpha value is -3.92. The zero-order chi connectivity index (χ0) is 19.8. The fraction of sp³-hybridized carbons (Fsp3) is 0.143. The Kier molecular flexibility index (Phi) is 6.16. The summed E-state index contributed by atoms with van der Waals surface area (Å²) in [6, 6.07) is 16.6. The molecule has 1 heterocycles. The van der Waals surface area contributed by atoms with E-state index in [-0.39, 0.29) is 5.91 Å². The number of nitrogens with zero attached hydrogens (tertiary/aromatic N) is 3. The summed E-state index contributed by atoms with van der Waals surface area (Å²) >= 11 is 0. The van der Waals surface area contributed by atoms with Crippen molar-refractivity contribution in [2.75, 3.05) is 24.3 Å². The summed E-state index contributed by atoms with van der Waals surface area (Å²) in [7, 11) is 1.64. The highest BCUT2D eigenvalue weighted by molar-refractivity contribution is 6.03. The molecule has 0 atom stereocenters. The molecular formula is C21H19N5O2. The average molecular weight is 373 g/mol. The Morgan fingerprint density at radius 3 is 2.57 bits per heavy atom. The van der Waals surface area contributed by atoms with E-state index in [0.29, 0.717) is 29.3 Å². The summed E-state index contributed by atoms with van der Waals surface area (Å²) in [4.78, 5) is 20.6. The van der Waals surface area contributed by atoms with Crippen LogP contribution >= 0.6 is 0 Å². The largest absolute Gasteiger partial charge is 0.497 e. The van der Waals surface area contributed by atoms with E-state index in [1.165, 1.54) is 18.0 Å². The first kappa shape index (κ1) is 18.9. The van der Waals surface area contributed by atoms with E-state index >= 15 is 0 Å². The van der Waals surface area contributed by atoms with Crippen LogP contribution in [0.15, 0.2) is 60.9 Å². The standard InChI is InChI=1S/C21H19N5O2/c1-28-19-7-5-15(6-8-19)9-10-23-21-24-13-17(14-25-21)20(27)26-18-4-2-3-16(11-18)12-22/h2-8,11,13-14H,9-10H2,1H3,(H,26,27)(H,23,24,25). The van der Waals surface area contributed by atoms with Crippen molar-refractivity contribution in [1.29, 1.82) is 5.26 Å². The van der Waals surface area contributed by atoms with E-state index in [1.54, 1.807) is 31.4 Å². The number of hydrogen-bond acceptors (Lipinski definition) is 6. The smallest absolute Gasteiger partial charge is 0.258 e. The van der Waals surface area contributed by atoms with Gasteiger partial charge in [-0.05, 0) is 42.3 Å². The van der Waals surface area contributed by atoms with Gasteiger partial charge in [-0.2, -0.15) is 5.26 Å². The number of nitrogens with one attached hydrogen (secondary N) is 2. The van der Waals surface area contributed by atoms with Crippen molar-refractivity contribution in [3.63, 3.8) is 0 Å². The number of rotatable bonds is 7. The average Bonchev–Trinajstić information content (AvgIpc) is 2.75. The van der Waals surface area contributed by atoms with E-state index in [0.717, 1.165) is 12.2 Å². The van der Waals surface area contributed by atoms with E-state index in [1.807, 2.05) is 30.3 Å². The molecule has 1 aromatic heterocycles. The van der Waals surface area contributed by atoms with Gasteiger partial charge in [-0.25, -0.2) is 9.97 Å². The molecule has 0 spiro atoms. The maximum atomic E-state index is 12.3. The van der Waals surface area contributed by atoms with Gasteiger partial charge >= 0.3 is 0 Å². The molecule has 0 fully saturated rings. The van der Waals surface area contributed by atoms with Crippen molar-refractivity contribution in [3.05, 3.63) is 77.6 Å². The molecule has 7 heteroatoms. The fourth-order valence-corrected chi connectivity index (χ4v) is 2.52. The van der Waals surface area contributed by atoms with Crippen molar-refractivity contribution < 1.29 is 9.53 Å². The molecule has 0 radical (unpaired) electrons. The molecule has 7 nitrogen and oxygen atoms in total. The molecule has 140 valence electrons. The molecule has 0 aliphatic heterocycles. The van der Waals surface area contributed by atoms with Crippen LogP contribution in [0, 0.1) is 11.3 Å². The second-order valence-corrected chi connectivity index (χ2v) is 5.97. The third-order valence-electron chi connectivity index (χ3n) is 4.02. The van der Waals surface area contributed by atoms with Gasteiger partial charge in [0.2, 0.25) is 5.95 Å². The molecule has 0 saturated carbocycles. The number of methoxy groups -OCH3 is 1. The third kappa shape index (κ3) is 5.05. The lowest BCUT2D eigenvalue weighted by Gasteiger charge is -2.07. The number of hydrogen-bond donors (Lipinski definition) is 2. The quantitative estimate of drug-likeness (QED) is 0.659. The Labute approximate surface area is 163 Å². The molecule has 0 aliphatic rings. The predicted octanol–water partition coefficient (Wildman–Crippen LogP) is 3.26. The fourth-order valence-electron chi connectivity index (χ4n) is 2.52. The Bertz CT molecular complexity index is 979. The first-order valence-electron chi connectivity index (χ1n) is 8.68. The first-order chi connectivity index (χ1) is 13.7. The third-order valence-corrected chi connectivity index (χ3v) is 4.02. The van der Waals surface area contributed by atoms with Gasteiger partial charge in [-0.15, -0.1) is 0 Å². The number of aromatic nitrogens is 2. The lowest BCUT2D eigenvalue weighted by Crippen LogP contribution is -2.14. The number of carbonyl (C=O) groups excluding carboxylic acids is 1. The number of benzene rings is 2. The van der Waals surface area contributed by atoms with Crippen molar-refractivity contribution in [3.8, 4) is 11.8 Å². The van der Waals surface area contributed by atoms with Crippen LogP contribution < -0.4 is 15.4 Å². The van der Waals surface area contributed by atoms with Crippen molar-refractivity contribution in [1.82, 2.24) is 9.97 Å². The molecule has 0 aliphatic carbocycles. The first-order valence-corrected chi connectivity index (χ1v) is 8.68. The maximum Gasteiger partial charge on any atom is 0.258 e. The van der Waals surface area contributed by atoms with Gasteiger partial charge in [0.1, 0.15) is 5.75 Å². The van der Waals surface area contributed by atoms with E-state index in [2.05, 4.69) is 20.6 Å². The molecule has 2 aromatic carbocycles. The van der Waals surface area contributed by atoms with Gasteiger partial charge in [0, 0.05) is 24.6 Å². The summed E-state index contributed by atoms with van der Waals surface area (Å²) in [6.45, 7) is 0.665. The second-order valence-electron chi connectivity index (χ2n) is 5.97. The highest BCUT2D eigenvalue weighted by atomic mass is 16.5. The van der Waals surface area contributed by atoms with Gasteiger partial charge in [0.15, 0.2) is 0 Å². The molecule has 0 saturated heterocycles. The number of carbonyl (C=O) groups is 1. The molecule has 3 rings (SSSR count). The van der Waals surface area contributed by atoms with E-state index in [9.17, 15) is 4.79 Å². The van der Waals surface area contributed by atoms with Crippen LogP contribution in [-0.4, -0.2) is 29.5 Å². The summed E-state index contributed by atoms with van der Waals surface area (Å²) in [5.74, 6) is 0.949. The minimum Gasteiger partial charge on any atom is -0.497 e. The van der Waals surface area contributed by atoms with E-state index < -0.39 is 0 Å². The van der Waals surface area contributed by atoms with Gasteiger partial charge in [0.25, 0.3) is 5.91 Å². The predicted molar refractivity (Wildman–Crippen MR) is 106 cm³/mol. The van der Waals surface area contributed by atoms with Crippen molar-refractivity contribution in [2.24, 2.45) is 0 Å². The Morgan fingerprint density at radius 1 is 1.14 bits per heavy atom. The lowest BCUT2D eigenvalue weighted by atomic mass is 10.1. The SMILES string of the molecule is COc1ccc(CCNc2ncc(C(=O)Nc3cccc(C#N)c3)cn2)cc1. The molecule has 2 N–H and O–H groups in total. The number of ether oxygens (including phenoxy) is 1. The van der Waals surface area contributed by atoms with Crippen LogP contribution in [0.4, 0.5) is 11.6 Å². The normalized spacial score (nSPS) is 10.0. The molecular weight excluding hydrogens is 354 g/mol.